The summed E-state index contributed by atoms with van der Waals surface area (Å²) < 4.78 is 8.77. The molecule has 104 valence electrons. The highest BCUT2D eigenvalue weighted by Crippen LogP contribution is 1.92. The number of carbonyl (C=O) groups excluding carboxylic acids is 1. The van der Waals surface area contributed by atoms with Gasteiger partial charge >= 0.3 is 12.1 Å². The number of carboxylic acids is 1. The zero-order chi connectivity index (χ0) is 14.0. The van der Waals surface area contributed by atoms with Crippen LogP contribution in [0.1, 0.15) is 13.3 Å². The van der Waals surface area contributed by atoms with Gasteiger partial charge in [0.05, 0.1) is 31.6 Å². The quantitative estimate of drug-likeness (QED) is 0.166. The Kier molecular flexibility index (Phi) is 7.73. The van der Waals surface area contributed by atoms with Crippen LogP contribution in [-0.4, -0.2) is 54.2 Å². The fourth-order valence-electron chi connectivity index (χ4n) is 0.712. The molecule has 0 amide bonds. The monoisotopic (exact) mass is 265 g/mol. The van der Waals surface area contributed by atoms with E-state index in [-0.39, 0.29) is 24.5 Å². The van der Waals surface area contributed by atoms with E-state index in [0.29, 0.717) is 0 Å². The third kappa shape index (κ3) is 7.96. The molecule has 0 aliphatic carbocycles. The highest BCUT2D eigenvalue weighted by Gasteiger charge is 2.09. The van der Waals surface area contributed by atoms with Crippen molar-refractivity contribution in [3.8, 4) is 0 Å². The van der Waals surface area contributed by atoms with Crippen LogP contribution in [0.5, 0.6) is 0 Å². The van der Waals surface area contributed by atoms with Crippen molar-refractivity contribution < 1.29 is 34.0 Å². The zero-order valence-electron chi connectivity index (χ0n) is 10.1. The first-order valence-electron chi connectivity index (χ1n) is 5.00. The number of carbonyl (C=O) groups is 2. The molecule has 18 heavy (non-hydrogen) atoms. The molecule has 0 aromatic rings. The van der Waals surface area contributed by atoms with E-state index >= 15 is 0 Å². The number of ether oxygens (including phenoxy) is 2. The van der Waals surface area contributed by atoms with Gasteiger partial charge in [-0.05, 0) is 6.92 Å². The average Bonchev–Trinajstić information content (AvgIpc) is 2.31. The molecule has 0 heterocycles. The van der Waals surface area contributed by atoms with Gasteiger partial charge in [-0.25, -0.2) is 4.79 Å². The molecular weight excluding hydrogens is 250 g/mol. The highest BCUT2D eigenvalue weighted by atomic mass is 16.8. The summed E-state index contributed by atoms with van der Waals surface area (Å²) in [6, 6.07) is 0. The Hall–Kier alpha value is -2.26. The second-order valence-corrected chi connectivity index (χ2v) is 2.93. The van der Waals surface area contributed by atoms with Crippen molar-refractivity contribution in [1.29, 1.82) is 0 Å². The molecule has 0 aliphatic heterocycles. The number of hydrazine groups is 1. The van der Waals surface area contributed by atoms with E-state index in [0.717, 1.165) is 5.01 Å². The molecule has 0 bridgehead atoms. The Balaban J connectivity index is 3.82. The molecule has 0 radical (unpaired) electrons. The number of hydrogen-bond donors (Lipinski definition) is 1. The van der Waals surface area contributed by atoms with Gasteiger partial charge in [0.25, 0.3) is 6.79 Å². The van der Waals surface area contributed by atoms with Crippen molar-refractivity contribution in [3.63, 3.8) is 0 Å². The Labute approximate surface area is 103 Å². The second-order valence-electron chi connectivity index (χ2n) is 2.93. The minimum absolute atomic E-state index is 0.0373. The molecule has 0 saturated heterocycles. The summed E-state index contributed by atoms with van der Waals surface area (Å²) in [5.41, 5.74) is 0. The summed E-state index contributed by atoms with van der Waals surface area (Å²) >= 11 is 0. The van der Waals surface area contributed by atoms with Crippen LogP contribution in [0, 0.1) is 5.21 Å². The first-order chi connectivity index (χ1) is 8.47. The van der Waals surface area contributed by atoms with E-state index in [4.69, 9.17) is 5.11 Å². The van der Waals surface area contributed by atoms with E-state index in [2.05, 4.69) is 19.6 Å². The Morgan fingerprint density at radius 1 is 1.44 bits per heavy atom. The van der Waals surface area contributed by atoms with Crippen LogP contribution >= 0.6 is 0 Å². The third-order valence-electron chi connectivity index (χ3n) is 1.56. The highest BCUT2D eigenvalue weighted by molar-refractivity contribution is 5.66. The smallest absolute Gasteiger partial charge is 0.511 e. The Morgan fingerprint density at radius 3 is 2.67 bits per heavy atom. The van der Waals surface area contributed by atoms with Gasteiger partial charge in [-0.2, -0.15) is 0 Å². The summed E-state index contributed by atoms with van der Waals surface area (Å²) in [7, 11) is 1.33. The molecule has 10 heteroatoms. The van der Waals surface area contributed by atoms with Gasteiger partial charge in [0.2, 0.25) is 5.28 Å². The van der Waals surface area contributed by atoms with Crippen LogP contribution in [0.3, 0.4) is 0 Å². The van der Waals surface area contributed by atoms with Gasteiger partial charge in [-0.1, -0.05) is 0 Å². The van der Waals surface area contributed by atoms with Crippen molar-refractivity contribution in [2.45, 2.75) is 13.3 Å². The lowest BCUT2D eigenvalue weighted by Gasteiger charge is -2.11. The molecule has 0 saturated carbocycles. The van der Waals surface area contributed by atoms with Gasteiger partial charge < -0.3 is 24.6 Å². The first-order valence-corrected chi connectivity index (χ1v) is 5.00. The minimum Gasteiger partial charge on any atom is -0.569 e. The summed E-state index contributed by atoms with van der Waals surface area (Å²) in [5, 5.41) is 23.5. The van der Waals surface area contributed by atoms with Crippen LogP contribution in [0.15, 0.2) is 5.28 Å². The van der Waals surface area contributed by atoms with Crippen LogP contribution in [0.2, 0.25) is 0 Å². The minimum atomic E-state index is -1.04. The van der Waals surface area contributed by atoms with E-state index in [1.807, 2.05) is 0 Å². The lowest BCUT2D eigenvalue weighted by Crippen LogP contribution is -2.28. The summed E-state index contributed by atoms with van der Waals surface area (Å²) in [6.07, 6.45) is -1.16. The molecule has 0 spiro atoms. The van der Waals surface area contributed by atoms with Gasteiger partial charge in [0.1, 0.15) is 0 Å². The Morgan fingerprint density at radius 2 is 2.11 bits per heavy atom. The number of nitrogens with zero attached hydrogens (tertiary/aromatic N) is 3. The molecule has 1 N–H and O–H groups in total. The predicted octanol–water partition coefficient (Wildman–Crippen LogP) is 0.333. The molecular formula is C8H15N3O7. The number of rotatable bonds is 8. The van der Waals surface area contributed by atoms with E-state index < -0.39 is 18.9 Å². The van der Waals surface area contributed by atoms with Gasteiger partial charge in [0, 0.05) is 0 Å². The maximum absolute atomic E-state index is 11.1. The summed E-state index contributed by atoms with van der Waals surface area (Å²) in [5.74, 6) is -1.04. The fraction of sp³-hybridized carbons (Fsp3) is 0.750. The molecule has 0 atom stereocenters. The van der Waals surface area contributed by atoms with Crippen molar-refractivity contribution in [1.82, 2.24) is 5.01 Å². The predicted molar refractivity (Wildman–Crippen MR) is 55.0 cm³/mol. The largest absolute Gasteiger partial charge is 0.569 e. The maximum Gasteiger partial charge on any atom is 0.511 e. The molecule has 0 fully saturated rings. The molecule has 0 aliphatic rings. The number of aliphatic carboxylic acids is 1. The normalized spacial score (nSPS) is 10.7. The van der Waals surface area contributed by atoms with Gasteiger partial charge in [-0.15, -0.1) is 5.01 Å². The van der Waals surface area contributed by atoms with E-state index in [1.54, 1.807) is 6.92 Å². The molecule has 0 unspecified atom stereocenters. The zero-order valence-corrected chi connectivity index (χ0v) is 10.1. The standard InChI is InChI=1S/C8H15N3O7/c1-3-16-8(14)17-6-18-9-11(15)10(2)5-4-7(12)13/h3-6H2,1-2H3,(H,12,13)/b11-9-. The van der Waals surface area contributed by atoms with Crippen molar-refractivity contribution in [2.75, 3.05) is 27.0 Å². The first kappa shape index (κ1) is 15.7. The van der Waals surface area contributed by atoms with Crippen LogP contribution < -0.4 is 0 Å². The van der Waals surface area contributed by atoms with Crippen molar-refractivity contribution in [3.05, 3.63) is 5.21 Å². The molecule has 0 rings (SSSR count). The fourth-order valence-corrected chi connectivity index (χ4v) is 0.712. The lowest BCUT2D eigenvalue weighted by atomic mass is 10.4. The Bertz CT molecular complexity index is 307. The van der Waals surface area contributed by atoms with Crippen molar-refractivity contribution in [2.24, 2.45) is 5.28 Å². The maximum atomic E-state index is 11.1. The summed E-state index contributed by atoms with van der Waals surface area (Å²) in [6.45, 7) is 1.14. The van der Waals surface area contributed by atoms with Crippen molar-refractivity contribution >= 4 is 12.1 Å². The number of hydrogen-bond acceptors (Lipinski definition) is 7. The van der Waals surface area contributed by atoms with E-state index in [9.17, 15) is 14.8 Å². The second kappa shape index (κ2) is 8.84. The third-order valence-corrected chi connectivity index (χ3v) is 1.56. The average molecular weight is 265 g/mol. The van der Waals surface area contributed by atoms with Crippen LogP contribution in [-0.2, 0) is 19.1 Å². The molecule has 0 aromatic heterocycles. The van der Waals surface area contributed by atoms with Crippen LogP contribution in [0.4, 0.5) is 4.79 Å². The summed E-state index contributed by atoms with van der Waals surface area (Å²) in [4.78, 5) is 25.3. The lowest BCUT2D eigenvalue weighted by molar-refractivity contribution is -0.706. The topological polar surface area (TPSA) is 124 Å². The molecule has 10 nitrogen and oxygen atoms in total. The van der Waals surface area contributed by atoms with E-state index in [1.165, 1.54) is 7.05 Å². The van der Waals surface area contributed by atoms with Gasteiger partial charge in [0.15, 0.2) is 0 Å². The number of carboxylic acid groups (broad SMARTS) is 1. The van der Waals surface area contributed by atoms with Gasteiger partial charge in [-0.3, -0.25) is 4.79 Å². The molecule has 0 aromatic carbocycles. The SMILES string of the molecule is CCOC(=O)OCO/N=[N+](\[O-])N(C)CCC(=O)O. The van der Waals surface area contributed by atoms with Crippen LogP contribution in [0.25, 0.3) is 0 Å².